The van der Waals surface area contributed by atoms with Gasteiger partial charge in [0.05, 0.1) is 11.0 Å². The molecule has 0 bridgehead atoms. The summed E-state index contributed by atoms with van der Waals surface area (Å²) in [6, 6.07) is 15.3. The molecule has 0 atom stereocenters. The summed E-state index contributed by atoms with van der Waals surface area (Å²) >= 11 is 0. The fourth-order valence-electron chi connectivity index (χ4n) is 3.78. The van der Waals surface area contributed by atoms with Gasteiger partial charge in [-0.1, -0.05) is 57.2 Å². The fraction of sp³-hybridized carbons (Fsp3) is 0.381. The maximum absolute atomic E-state index is 5.01. The normalized spacial score (nSPS) is 14.4. The van der Waals surface area contributed by atoms with E-state index in [-0.39, 0.29) is 0 Å². The average Bonchev–Trinajstić information content (AvgIpc) is 2.87. The third-order valence-electron chi connectivity index (χ3n) is 4.57. The molecule has 0 unspecified atom stereocenters. The van der Waals surface area contributed by atoms with Crippen LogP contribution in [-0.4, -0.2) is 9.55 Å². The number of benzene rings is 2. The van der Waals surface area contributed by atoms with Crippen molar-refractivity contribution in [3.05, 3.63) is 53.6 Å². The summed E-state index contributed by atoms with van der Waals surface area (Å²) in [5, 5.41) is 0. The van der Waals surface area contributed by atoms with Crippen molar-refractivity contribution in [3.63, 3.8) is 0 Å². The summed E-state index contributed by atoms with van der Waals surface area (Å²) in [6.07, 6.45) is 3.48. The van der Waals surface area contributed by atoms with Gasteiger partial charge in [-0.3, -0.25) is 0 Å². The maximum Gasteiger partial charge on any atom is 0.141 e. The lowest BCUT2D eigenvalue weighted by atomic mass is 9.87. The van der Waals surface area contributed by atoms with E-state index in [4.69, 9.17) is 4.98 Å². The van der Waals surface area contributed by atoms with Crippen molar-refractivity contribution < 1.29 is 0 Å². The lowest BCUT2D eigenvalue weighted by Gasteiger charge is -2.21. The highest BCUT2D eigenvalue weighted by molar-refractivity contribution is 5.85. The van der Waals surface area contributed by atoms with Crippen LogP contribution in [0.5, 0.6) is 0 Å². The minimum Gasteiger partial charge on any atom is -0.324 e. The third kappa shape index (κ3) is 2.67. The smallest absolute Gasteiger partial charge is 0.141 e. The standard InChI is InChI=1S/C21H24N2/c1-21(2,3)14-15-12-17-10-7-11-23-19(17)18(13-15)22-20(23)16-8-5-4-6-9-16/h4-6,8-9,12-13H,7,10-11,14H2,1-3H3. The van der Waals surface area contributed by atoms with Gasteiger partial charge in [0, 0.05) is 12.1 Å². The molecule has 0 saturated carbocycles. The molecule has 0 amide bonds. The molecule has 3 aromatic rings. The van der Waals surface area contributed by atoms with Crippen LogP contribution in [0, 0.1) is 5.41 Å². The molecule has 0 aliphatic carbocycles. The third-order valence-corrected chi connectivity index (χ3v) is 4.57. The van der Waals surface area contributed by atoms with E-state index in [1.54, 1.807) is 0 Å². The van der Waals surface area contributed by atoms with Crippen LogP contribution < -0.4 is 0 Å². The number of aryl methyl sites for hydroxylation is 2. The highest BCUT2D eigenvalue weighted by Crippen LogP contribution is 2.33. The van der Waals surface area contributed by atoms with Gasteiger partial charge in [-0.05, 0) is 41.9 Å². The number of nitrogens with zero attached hydrogens (tertiary/aromatic N) is 2. The van der Waals surface area contributed by atoms with Crippen LogP contribution in [0.4, 0.5) is 0 Å². The van der Waals surface area contributed by atoms with Crippen molar-refractivity contribution in [3.8, 4) is 11.4 Å². The highest BCUT2D eigenvalue weighted by atomic mass is 15.1. The Morgan fingerprint density at radius 2 is 1.87 bits per heavy atom. The molecule has 0 spiro atoms. The number of hydrogen-bond acceptors (Lipinski definition) is 1. The molecule has 0 radical (unpaired) electrons. The summed E-state index contributed by atoms with van der Waals surface area (Å²) in [7, 11) is 0. The quantitative estimate of drug-likeness (QED) is 0.633. The van der Waals surface area contributed by atoms with E-state index < -0.39 is 0 Å². The molecule has 23 heavy (non-hydrogen) atoms. The van der Waals surface area contributed by atoms with Crippen LogP contribution in [0.1, 0.15) is 38.3 Å². The van der Waals surface area contributed by atoms with Gasteiger partial charge < -0.3 is 4.57 Å². The van der Waals surface area contributed by atoms with Crippen LogP contribution in [0.25, 0.3) is 22.4 Å². The molecule has 1 aliphatic rings. The first-order valence-electron chi connectivity index (χ1n) is 8.59. The minimum atomic E-state index is 0.305. The van der Waals surface area contributed by atoms with Crippen molar-refractivity contribution in [2.45, 2.75) is 46.6 Å². The second-order valence-electron chi connectivity index (χ2n) is 7.92. The zero-order valence-corrected chi connectivity index (χ0v) is 14.3. The predicted molar refractivity (Wildman–Crippen MR) is 96.6 cm³/mol. The molecule has 1 aliphatic heterocycles. The second kappa shape index (κ2) is 5.23. The Balaban J connectivity index is 1.91. The topological polar surface area (TPSA) is 17.8 Å². The van der Waals surface area contributed by atoms with E-state index in [9.17, 15) is 0 Å². The Morgan fingerprint density at radius 1 is 1.09 bits per heavy atom. The van der Waals surface area contributed by atoms with Gasteiger partial charge in [0.25, 0.3) is 0 Å². The van der Waals surface area contributed by atoms with E-state index in [1.807, 2.05) is 0 Å². The zero-order chi connectivity index (χ0) is 16.0. The molecule has 2 heteroatoms. The van der Waals surface area contributed by atoms with E-state index in [1.165, 1.54) is 40.6 Å². The highest BCUT2D eigenvalue weighted by Gasteiger charge is 2.21. The van der Waals surface area contributed by atoms with Gasteiger partial charge >= 0.3 is 0 Å². The number of aromatic nitrogens is 2. The van der Waals surface area contributed by atoms with Crippen LogP contribution >= 0.6 is 0 Å². The maximum atomic E-state index is 5.01. The van der Waals surface area contributed by atoms with E-state index in [2.05, 4.69) is 67.8 Å². The monoisotopic (exact) mass is 304 g/mol. The molecular formula is C21H24N2. The van der Waals surface area contributed by atoms with Gasteiger partial charge in [-0.25, -0.2) is 4.98 Å². The Bertz CT molecular complexity index is 851. The Kier molecular flexibility index (Phi) is 3.29. The minimum absolute atomic E-state index is 0.305. The van der Waals surface area contributed by atoms with Crippen molar-refractivity contribution >= 4 is 11.0 Å². The number of imidazole rings is 1. The molecule has 2 heterocycles. The van der Waals surface area contributed by atoms with Gasteiger partial charge in [0.15, 0.2) is 0 Å². The molecule has 1 aromatic heterocycles. The fourth-order valence-corrected chi connectivity index (χ4v) is 3.78. The average molecular weight is 304 g/mol. The number of hydrogen-bond donors (Lipinski definition) is 0. The summed E-state index contributed by atoms with van der Waals surface area (Å²) < 4.78 is 2.42. The van der Waals surface area contributed by atoms with Crippen molar-refractivity contribution in [1.82, 2.24) is 9.55 Å². The van der Waals surface area contributed by atoms with Gasteiger partial charge in [-0.15, -0.1) is 0 Å². The first-order valence-corrected chi connectivity index (χ1v) is 8.59. The molecule has 118 valence electrons. The molecule has 4 rings (SSSR count). The van der Waals surface area contributed by atoms with Gasteiger partial charge in [-0.2, -0.15) is 0 Å². The van der Waals surface area contributed by atoms with Gasteiger partial charge in [0.2, 0.25) is 0 Å². The Morgan fingerprint density at radius 3 is 2.61 bits per heavy atom. The van der Waals surface area contributed by atoms with E-state index in [0.717, 1.165) is 18.8 Å². The lowest BCUT2D eigenvalue weighted by molar-refractivity contribution is 0.411. The summed E-state index contributed by atoms with van der Waals surface area (Å²) in [5.74, 6) is 1.12. The Labute approximate surface area is 138 Å². The van der Waals surface area contributed by atoms with Crippen LogP contribution in [0.3, 0.4) is 0 Å². The molecule has 0 fully saturated rings. The molecule has 0 saturated heterocycles. The van der Waals surface area contributed by atoms with E-state index >= 15 is 0 Å². The largest absolute Gasteiger partial charge is 0.324 e. The Hall–Kier alpha value is -2.09. The summed E-state index contributed by atoms with van der Waals surface area (Å²) in [6.45, 7) is 7.98. The predicted octanol–water partition coefficient (Wildman–Crippen LogP) is 5.24. The molecule has 0 N–H and O–H groups in total. The number of rotatable bonds is 2. The first kappa shape index (κ1) is 14.5. The summed E-state index contributed by atoms with van der Waals surface area (Å²) in [4.78, 5) is 5.01. The van der Waals surface area contributed by atoms with Crippen molar-refractivity contribution in [2.75, 3.05) is 0 Å². The first-order chi connectivity index (χ1) is 11.0. The molecule has 2 aromatic carbocycles. The van der Waals surface area contributed by atoms with Crippen molar-refractivity contribution in [2.24, 2.45) is 5.41 Å². The zero-order valence-electron chi connectivity index (χ0n) is 14.3. The van der Waals surface area contributed by atoms with Gasteiger partial charge in [0.1, 0.15) is 5.82 Å². The van der Waals surface area contributed by atoms with Crippen LogP contribution in [-0.2, 0) is 19.4 Å². The lowest BCUT2D eigenvalue weighted by Crippen LogP contribution is -2.12. The van der Waals surface area contributed by atoms with Crippen LogP contribution in [0.2, 0.25) is 0 Å². The molecular weight excluding hydrogens is 280 g/mol. The molecule has 2 nitrogen and oxygen atoms in total. The summed E-state index contributed by atoms with van der Waals surface area (Å²) in [5.41, 5.74) is 6.94. The SMILES string of the molecule is CC(C)(C)Cc1cc2c3c(c1)nc(-c1ccccc1)n3CCC2. The second-order valence-corrected chi connectivity index (χ2v) is 7.92. The van der Waals surface area contributed by atoms with E-state index in [0.29, 0.717) is 5.41 Å². The van der Waals surface area contributed by atoms with Crippen molar-refractivity contribution in [1.29, 1.82) is 0 Å². The van der Waals surface area contributed by atoms with Crippen LogP contribution in [0.15, 0.2) is 42.5 Å².